The molecule has 1 aromatic heterocycles. The van der Waals surface area contributed by atoms with Crippen LogP contribution in [0.4, 0.5) is 8.78 Å². The van der Waals surface area contributed by atoms with E-state index in [1.165, 1.54) is 22.8 Å². The van der Waals surface area contributed by atoms with Crippen molar-refractivity contribution in [1.82, 2.24) is 4.57 Å². The fourth-order valence-electron chi connectivity index (χ4n) is 3.20. The summed E-state index contributed by atoms with van der Waals surface area (Å²) < 4.78 is 30.2. The Morgan fingerprint density at radius 1 is 1.04 bits per heavy atom. The van der Waals surface area contributed by atoms with E-state index >= 15 is 0 Å². The molecule has 0 N–H and O–H groups in total. The topological polar surface area (TPSA) is 51.4 Å². The lowest BCUT2D eigenvalue weighted by molar-refractivity contribution is 0.535. The molecule has 7 heteroatoms. The third kappa shape index (κ3) is 4.42. The van der Waals surface area contributed by atoms with E-state index in [2.05, 4.69) is 21.1 Å². The highest BCUT2D eigenvalue weighted by molar-refractivity contribution is 9.10. The molecule has 2 unspecified atom stereocenters. The van der Waals surface area contributed by atoms with Crippen LogP contribution in [0.25, 0.3) is 0 Å². The van der Waals surface area contributed by atoms with Crippen LogP contribution in [-0.2, 0) is 7.05 Å². The van der Waals surface area contributed by atoms with E-state index in [1.807, 2.05) is 24.3 Å². The van der Waals surface area contributed by atoms with Gasteiger partial charge in [0.05, 0.1) is 0 Å². The van der Waals surface area contributed by atoms with Gasteiger partial charge in [0.1, 0.15) is 17.7 Å². The number of aromatic nitrogens is 1. The highest BCUT2D eigenvalue weighted by Gasteiger charge is 2.25. The number of hydrogen-bond acceptors (Lipinski definition) is 3. The second-order valence-electron chi connectivity index (χ2n) is 6.54. The Bertz CT molecular complexity index is 1050. The fraction of sp³-hybridized carbons (Fsp3) is 0.190. The van der Waals surface area contributed by atoms with Gasteiger partial charge in [-0.05, 0) is 47.4 Å². The van der Waals surface area contributed by atoms with E-state index in [0.29, 0.717) is 5.56 Å². The van der Waals surface area contributed by atoms with Gasteiger partial charge in [-0.3, -0.25) is 4.79 Å². The molecule has 0 aliphatic rings. The van der Waals surface area contributed by atoms with Gasteiger partial charge in [-0.2, -0.15) is 4.91 Å². The molecular formula is C21H17BrF2N2O2. The summed E-state index contributed by atoms with van der Waals surface area (Å²) in [5, 5.41) is 3.21. The molecule has 3 rings (SSSR count). The van der Waals surface area contributed by atoms with Crippen molar-refractivity contribution in [3.63, 3.8) is 0 Å². The van der Waals surface area contributed by atoms with Crippen LogP contribution in [-0.4, -0.2) is 4.57 Å². The van der Waals surface area contributed by atoms with Crippen molar-refractivity contribution in [2.75, 3.05) is 0 Å². The van der Waals surface area contributed by atoms with Gasteiger partial charge in [-0.25, -0.2) is 8.78 Å². The normalized spacial score (nSPS) is 13.1. The van der Waals surface area contributed by atoms with Crippen LogP contribution in [0.15, 0.2) is 75.2 Å². The number of halogens is 3. The lowest BCUT2D eigenvalue weighted by Gasteiger charge is -2.22. The highest BCUT2D eigenvalue weighted by Crippen LogP contribution is 2.37. The van der Waals surface area contributed by atoms with E-state index in [4.69, 9.17) is 0 Å². The number of hydrogen-bond donors (Lipinski definition) is 0. The first kappa shape index (κ1) is 20.1. The molecular weight excluding hydrogens is 430 g/mol. The van der Waals surface area contributed by atoms with Gasteiger partial charge in [-0.1, -0.05) is 39.3 Å². The summed E-state index contributed by atoms with van der Waals surface area (Å²) in [4.78, 5) is 23.2. The Balaban J connectivity index is 2.04. The van der Waals surface area contributed by atoms with Gasteiger partial charge < -0.3 is 4.57 Å². The maximum Gasteiger partial charge on any atom is 0.250 e. The van der Waals surface area contributed by atoms with Gasteiger partial charge in [0, 0.05) is 35.8 Å². The Labute approximate surface area is 168 Å². The molecule has 0 aliphatic heterocycles. The summed E-state index contributed by atoms with van der Waals surface area (Å²) >= 11 is 3.37. The smallest absolute Gasteiger partial charge is 0.250 e. The Morgan fingerprint density at radius 3 is 2.32 bits per heavy atom. The Kier molecular flexibility index (Phi) is 6.14. The van der Waals surface area contributed by atoms with Crippen molar-refractivity contribution >= 4 is 15.9 Å². The molecule has 2 atom stereocenters. The lowest BCUT2D eigenvalue weighted by Crippen LogP contribution is -2.16. The van der Waals surface area contributed by atoms with Crippen LogP contribution in [0.5, 0.6) is 0 Å². The quantitative estimate of drug-likeness (QED) is 0.472. The Morgan fingerprint density at radius 2 is 1.71 bits per heavy atom. The SMILES string of the molecule is Cn1cc(C(CC(c2ccc(Br)cc2)c2ccc(F)cc2F)N=O)ccc1=O. The molecule has 0 fully saturated rings. The first-order valence-corrected chi connectivity index (χ1v) is 9.38. The summed E-state index contributed by atoms with van der Waals surface area (Å²) in [6.45, 7) is 0. The number of nitrogens with zero attached hydrogens (tertiary/aromatic N) is 2. The van der Waals surface area contributed by atoms with E-state index in [-0.39, 0.29) is 17.5 Å². The summed E-state index contributed by atoms with van der Waals surface area (Å²) in [5.74, 6) is -1.87. The predicted molar refractivity (Wildman–Crippen MR) is 107 cm³/mol. The van der Waals surface area contributed by atoms with Crippen LogP contribution in [0.2, 0.25) is 0 Å². The van der Waals surface area contributed by atoms with Gasteiger partial charge >= 0.3 is 0 Å². The molecule has 0 saturated heterocycles. The van der Waals surface area contributed by atoms with Crippen molar-refractivity contribution in [1.29, 1.82) is 0 Å². The first-order valence-electron chi connectivity index (χ1n) is 8.58. The molecule has 28 heavy (non-hydrogen) atoms. The highest BCUT2D eigenvalue weighted by atomic mass is 79.9. The van der Waals surface area contributed by atoms with Crippen molar-refractivity contribution in [2.45, 2.75) is 18.4 Å². The minimum atomic E-state index is -0.801. The molecule has 4 nitrogen and oxygen atoms in total. The maximum atomic E-state index is 14.5. The van der Waals surface area contributed by atoms with E-state index in [1.54, 1.807) is 19.3 Å². The van der Waals surface area contributed by atoms with E-state index in [9.17, 15) is 18.5 Å². The molecule has 0 aliphatic carbocycles. The fourth-order valence-corrected chi connectivity index (χ4v) is 3.46. The minimum Gasteiger partial charge on any atom is -0.318 e. The second kappa shape index (κ2) is 8.56. The molecule has 3 aromatic rings. The van der Waals surface area contributed by atoms with Gasteiger partial charge in [-0.15, -0.1) is 0 Å². The van der Waals surface area contributed by atoms with Crippen molar-refractivity contribution in [3.05, 3.63) is 109 Å². The lowest BCUT2D eigenvalue weighted by atomic mass is 9.84. The monoisotopic (exact) mass is 446 g/mol. The van der Waals surface area contributed by atoms with Crippen molar-refractivity contribution in [2.24, 2.45) is 12.2 Å². The van der Waals surface area contributed by atoms with E-state index in [0.717, 1.165) is 16.1 Å². The zero-order valence-electron chi connectivity index (χ0n) is 15.0. The molecule has 0 bridgehead atoms. The molecule has 0 spiro atoms. The minimum absolute atomic E-state index is 0.173. The number of rotatable bonds is 6. The number of benzene rings is 2. The summed E-state index contributed by atoms with van der Waals surface area (Å²) in [7, 11) is 1.58. The number of pyridine rings is 1. The number of aryl methyl sites for hydroxylation is 1. The van der Waals surface area contributed by atoms with Gasteiger partial charge in [0.25, 0.3) is 0 Å². The van der Waals surface area contributed by atoms with Crippen LogP contribution >= 0.6 is 15.9 Å². The van der Waals surface area contributed by atoms with Gasteiger partial charge in [0.2, 0.25) is 5.56 Å². The molecule has 0 saturated carbocycles. The van der Waals surface area contributed by atoms with Crippen molar-refractivity contribution < 1.29 is 8.78 Å². The Hall–Kier alpha value is -2.67. The summed E-state index contributed by atoms with van der Waals surface area (Å²) in [6, 6.07) is 12.8. The van der Waals surface area contributed by atoms with Crippen LogP contribution < -0.4 is 5.56 Å². The molecule has 0 radical (unpaired) electrons. The molecule has 1 heterocycles. The maximum absolute atomic E-state index is 14.5. The zero-order valence-corrected chi connectivity index (χ0v) is 16.6. The van der Waals surface area contributed by atoms with E-state index < -0.39 is 23.6 Å². The average molecular weight is 447 g/mol. The zero-order chi connectivity index (χ0) is 20.3. The van der Waals surface area contributed by atoms with Crippen molar-refractivity contribution in [3.8, 4) is 0 Å². The largest absolute Gasteiger partial charge is 0.318 e. The van der Waals surface area contributed by atoms with Gasteiger partial charge in [0.15, 0.2) is 0 Å². The summed E-state index contributed by atoms with van der Waals surface area (Å²) in [5.41, 5.74) is 1.40. The third-order valence-electron chi connectivity index (χ3n) is 4.69. The third-order valence-corrected chi connectivity index (χ3v) is 5.22. The van der Waals surface area contributed by atoms with Crippen LogP contribution in [0.1, 0.15) is 35.1 Å². The molecule has 144 valence electrons. The van der Waals surface area contributed by atoms with Crippen LogP contribution in [0, 0.1) is 16.5 Å². The summed E-state index contributed by atoms with van der Waals surface area (Å²) in [6.07, 6.45) is 1.72. The molecule has 2 aromatic carbocycles. The predicted octanol–water partition coefficient (Wildman–Crippen LogP) is 5.46. The molecule has 0 amide bonds. The average Bonchev–Trinajstić information content (AvgIpc) is 2.67. The standard InChI is InChI=1S/C21H17BrF2N2O2/c1-26-12-14(4-9-21(26)27)20(25-28)11-18(13-2-5-15(22)6-3-13)17-8-7-16(23)10-19(17)24/h2-10,12,18,20H,11H2,1H3. The second-order valence-corrected chi connectivity index (χ2v) is 7.45. The number of nitroso groups, excluding NO2 is 1. The van der Waals surface area contributed by atoms with Crippen LogP contribution in [0.3, 0.4) is 0 Å². The first-order chi connectivity index (χ1) is 13.4.